The van der Waals surface area contributed by atoms with Crippen molar-refractivity contribution in [1.82, 2.24) is 15.1 Å². The van der Waals surface area contributed by atoms with Crippen molar-refractivity contribution >= 4 is 24.0 Å². The average molecular weight is 374 g/mol. The lowest BCUT2D eigenvalue weighted by molar-refractivity contribution is 0.224. The standard InChI is InChI=1S/C17H21ClFN3O.ClH/c1-20-9-15-8-17(22(21-15)10-12-3-2-4-12)23-11-13-7-14(18)5-6-16(13)19;/h5-8,12,20H,2-4,9-11H2,1H3;1H. The lowest BCUT2D eigenvalue weighted by Crippen LogP contribution is -2.20. The zero-order valence-corrected chi connectivity index (χ0v) is 15.2. The van der Waals surface area contributed by atoms with Crippen molar-refractivity contribution in [1.29, 1.82) is 0 Å². The van der Waals surface area contributed by atoms with Crippen LogP contribution in [0.25, 0.3) is 0 Å². The fourth-order valence-corrected chi connectivity index (χ4v) is 2.88. The van der Waals surface area contributed by atoms with Crippen molar-refractivity contribution in [3.8, 4) is 5.88 Å². The Hall–Kier alpha value is -1.30. The monoisotopic (exact) mass is 373 g/mol. The Morgan fingerprint density at radius 1 is 1.38 bits per heavy atom. The van der Waals surface area contributed by atoms with Crippen molar-refractivity contribution < 1.29 is 9.13 Å². The number of hydrogen-bond acceptors (Lipinski definition) is 3. The van der Waals surface area contributed by atoms with Gasteiger partial charge in [-0.05, 0) is 44.0 Å². The Kier molecular flexibility index (Phi) is 6.90. The first-order valence-corrected chi connectivity index (χ1v) is 8.31. The van der Waals surface area contributed by atoms with E-state index in [1.807, 2.05) is 17.8 Å². The van der Waals surface area contributed by atoms with Crippen LogP contribution in [0, 0.1) is 11.7 Å². The van der Waals surface area contributed by atoms with Gasteiger partial charge in [0.25, 0.3) is 0 Å². The van der Waals surface area contributed by atoms with Crippen LogP contribution in [0.2, 0.25) is 5.02 Å². The molecule has 2 aromatic rings. The van der Waals surface area contributed by atoms with Gasteiger partial charge in [0.05, 0.1) is 5.69 Å². The van der Waals surface area contributed by atoms with Gasteiger partial charge in [-0.2, -0.15) is 5.10 Å². The van der Waals surface area contributed by atoms with E-state index < -0.39 is 0 Å². The minimum atomic E-state index is -0.310. The second-order valence-corrected chi connectivity index (χ2v) is 6.44. The maximum atomic E-state index is 13.8. The lowest BCUT2D eigenvalue weighted by atomic mass is 9.85. The van der Waals surface area contributed by atoms with E-state index in [0.717, 1.165) is 12.2 Å². The Morgan fingerprint density at radius 3 is 2.83 bits per heavy atom. The topological polar surface area (TPSA) is 39.1 Å². The van der Waals surface area contributed by atoms with Gasteiger partial charge < -0.3 is 10.1 Å². The molecule has 1 aliphatic rings. The smallest absolute Gasteiger partial charge is 0.212 e. The van der Waals surface area contributed by atoms with Crippen LogP contribution in [0.4, 0.5) is 4.39 Å². The molecule has 1 saturated carbocycles. The van der Waals surface area contributed by atoms with Crippen LogP contribution in [0.3, 0.4) is 0 Å². The Labute approximate surface area is 152 Å². The highest BCUT2D eigenvalue weighted by Crippen LogP contribution is 2.29. The number of benzene rings is 1. The molecule has 0 radical (unpaired) electrons. The van der Waals surface area contributed by atoms with E-state index in [1.54, 1.807) is 6.07 Å². The first-order chi connectivity index (χ1) is 11.2. The SMILES string of the molecule is CNCc1cc(OCc2cc(Cl)ccc2F)n(CC2CCC2)n1.Cl. The molecule has 0 aliphatic heterocycles. The maximum absolute atomic E-state index is 13.8. The van der Waals surface area contributed by atoms with Crippen molar-refractivity contribution in [2.24, 2.45) is 5.92 Å². The zero-order valence-electron chi connectivity index (χ0n) is 13.6. The minimum absolute atomic E-state index is 0. The van der Waals surface area contributed by atoms with Gasteiger partial charge >= 0.3 is 0 Å². The van der Waals surface area contributed by atoms with Gasteiger partial charge in [-0.1, -0.05) is 18.0 Å². The van der Waals surface area contributed by atoms with Crippen molar-refractivity contribution in [2.75, 3.05) is 7.05 Å². The number of halogens is 3. The van der Waals surface area contributed by atoms with Gasteiger partial charge in [-0.15, -0.1) is 12.4 Å². The summed E-state index contributed by atoms with van der Waals surface area (Å²) < 4.78 is 21.5. The minimum Gasteiger partial charge on any atom is -0.473 e. The van der Waals surface area contributed by atoms with Crippen LogP contribution >= 0.6 is 24.0 Å². The molecule has 1 fully saturated rings. The van der Waals surface area contributed by atoms with E-state index in [4.69, 9.17) is 16.3 Å². The fourth-order valence-electron chi connectivity index (χ4n) is 2.69. The molecule has 3 rings (SSSR count). The second kappa shape index (κ2) is 8.70. The largest absolute Gasteiger partial charge is 0.473 e. The van der Waals surface area contributed by atoms with Gasteiger partial charge in [-0.3, -0.25) is 0 Å². The maximum Gasteiger partial charge on any atom is 0.212 e. The highest BCUT2D eigenvalue weighted by molar-refractivity contribution is 6.30. The summed E-state index contributed by atoms with van der Waals surface area (Å²) in [5.74, 6) is 1.04. The van der Waals surface area contributed by atoms with Gasteiger partial charge in [-0.25, -0.2) is 9.07 Å². The average Bonchev–Trinajstić information content (AvgIpc) is 2.86. The lowest BCUT2D eigenvalue weighted by Gasteiger charge is -2.25. The van der Waals surface area contributed by atoms with Gasteiger partial charge in [0.2, 0.25) is 5.88 Å². The summed E-state index contributed by atoms with van der Waals surface area (Å²) in [6, 6.07) is 6.40. The molecule has 1 aromatic heterocycles. The molecule has 4 nitrogen and oxygen atoms in total. The van der Waals surface area contributed by atoms with E-state index in [9.17, 15) is 4.39 Å². The number of nitrogens with zero attached hydrogens (tertiary/aromatic N) is 2. The first kappa shape index (κ1) is 19.0. The molecule has 0 spiro atoms. The third kappa shape index (κ3) is 4.62. The molecule has 0 unspecified atom stereocenters. The molecule has 0 amide bonds. The summed E-state index contributed by atoms with van der Waals surface area (Å²) in [6.45, 7) is 1.68. The van der Waals surface area contributed by atoms with Gasteiger partial charge in [0.1, 0.15) is 12.4 Å². The van der Waals surface area contributed by atoms with Crippen LogP contribution < -0.4 is 10.1 Å². The molecule has 1 N–H and O–H groups in total. The predicted octanol–water partition coefficient (Wildman–Crippen LogP) is 4.20. The highest BCUT2D eigenvalue weighted by Gasteiger charge is 2.20. The molecule has 1 heterocycles. The van der Waals surface area contributed by atoms with Crippen LogP contribution in [0.5, 0.6) is 5.88 Å². The predicted molar refractivity (Wildman–Crippen MR) is 95.3 cm³/mol. The zero-order chi connectivity index (χ0) is 16.2. The molecule has 1 aliphatic carbocycles. The third-order valence-electron chi connectivity index (χ3n) is 4.19. The molecule has 1 aromatic carbocycles. The number of ether oxygens (including phenoxy) is 1. The molecular weight excluding hydrogens is 352 g/mol. The number of rotatable bonds is 7. The first-order valence-electron chi connectivity index (χ1n) is 7.93. The second-order valence-electron chi connectivity index (χ2n) is 6.01. The third-order valence-corrected chi connectivity index (χ3v) is 4.43. The van der Waals surface area contributed by atoms with E-state index in [2.05, 4.69) is 10.4 Å². The van der Waals surface area contributed by atoms with Crippen molar-refractivity contribution in [3.63, 3.8) is 0 Å². The molecular formula is C17H22Cl2FN3O. The Balaban J connectivity index is 0.00000208. The van der Waals surface area contributed by atoms with Crippen LogP contribution in [0.15, 0.2) is 24.3 Å². The summed E-state index contributed by atoms with van der Waals surface area (Å²) in [6.07, 6.45) is 3.77. The normalized spacial score (nSPS) is 14.1. The number of aromatic nitrogens is 2. The van der Waals surface area contributed by atoms with Crippen LogP contribution in [0.1, 0.15) is 30.5 Å². The summed E-state index contributed by atoms with van der Waals surface area (Å²) >= 11 is 5.92. The highest BCUT2D eigenvalue weighted by atomic mass is 35.5. The Morgan fingerprint density at radius 2 is 2.17 bits per heavy atom. The number of nitrogens with one attached hydrogen (secondary N) is 1. The van der Waals surface area contributed by atoms with E-state index >= 15 is 0 Å². The Bertz CT molecular complexity index is 674. The quantitative estimate of drug-likeness (QED) is 0.790. The van der Waals surface area contributed by atoms with Crippen LogP contribution in [-0.2, 0) is 19.7 Å². The van der Waals surface area contributed by atoms with Gasteiger partial charge in [0, 0.05) is 29.7 Å². The van der Waals surface area contributed by atoms with E-state index in [0.29, 0.717) is 28.9 Å². The molecule has 24 heavy (non-hydrogen) atoms. The fraction of sp³-hybridized carbons (Fsp3) is 0.471. The van der Waals surface area contributed by atoms with Crippen LogP contribution in [-0.4, -0.2) is 16.8 Å². The molecule has 7 heteroatoms. The molecule has 0 atom stereocenters. The summed E-state index contributed by atoms with van der Waals surface area (Å²) in [5, 5.41) is 8.17. The van der Waals surface area contributed by atoms with Crippen molar-refractivity contribution in [3.05, 3.63) is 46.4 Å². The molecule has 0 bridgehead atoms. The summed E-state index contributed by atoms with van der Waals surface area (Å²) in [4.78, 5) is 0. The van der Waals surface area contributed by atoms with E-state index in [1.165, 1.54) is 31.4 Å². The molecule has 0 saturated heterocycles. The summed E-state index contributed by atoms with van der Waals surface area (Å²) in [7, 11) is 1.88. The van der Waals surface area contributed by atoms with Gasteiger partial charge in [0.15, 0.2) is 0 Å². The molecule has 132 valence electrons. The van der Waals surface area contributed by atoms with Crippen molar-refractivity contribution in [2.45, 2.75) is 39.0 Å². The van der Waals surface area contributed by atoms with E-state index in [-0.39, 0.29) is 24.8 Å². The summed E-state index contributed by atoms with van der Waals surface area (Å²) in [5.41, 5.74) is 1.37. The number of hydrogen-bond donors (Lipinski definition) is 1.